The smallest absolute Gasteiger partial charge is 0.306 e. The molecule has 0 aromatic heterocycles. The first-order valence-corrected chi connectivity index (χ1v) is 25.8. The standard InChI is InChI=1S/C57H96O5/c1-3-5-7-9-11-13-15-17-19-21-23-24-25-26-27-28-29-30-31-32-34-35-37-39-41-43-45-47-49-51-56(59)61-54-55(53-58)62-57(60)52-50-48-46-44-42-40-38-36-33-22-20-18-16-14-12-10-8-6-4-2/h6,8,12,14-15,17-18,20-21,23,33,36,40,42,46,48,55,58H,3-5,7,9-11,13,16,19,22,24-32,34-35,37-39,41,43-45,47,49-54H2,1-2H3/b8-6-,14-12-,17-15-,20-18-,23-21-,36-33-,42-40-,48-46-. The number of aliphatic hydroxyl groups excluding tert-OH is 1. The Hall–Kier alpha value is -3.18. The lowest BCUT2D eigenvalue weighted by atomic mass is 10.0. The zero-order valence-electron chi connectivity index (χ0n) is 40.4. The molecule has 0 saturated heterocycles. The van der Waals surface area contributed by atoms with Gasteiger partial charge >= 0.3 is 11.9 Å². The summed E-state index contributed by atoms with van der Waals surface area (Å²) in [6, 6.07) is 0. The second kappa shape index (κ2) is 52.2. The number of esters is 2. The van der Waals surface area contributed by atoms with Crippen molar-refractivity contribution < 1.29 is 24.2 Å². The topological polar surface area (TPSA) is 72.8 Å². The van der Waals surface area contributed by atoms with Gasteiger partial charge < -0.3 is 14.6 Å². The van der Waals surface area contributed by atoms with Gasteiger partial charge in [0.15, 0.2) is 6.10 Å². The fourth-order valence-electron chi connectivity index (χ4n) is 7.02. The summed E-state index contributed by atoms with van der Waals surface area (Å²) in [5, 5.41) is 9.61. The fraction of sp³-hybridized carbons (Fsp3) is 0.684. The van der Waals surface area contributed by atoms with E-state index in [1.54, 1.807) is 0 Å². The summed E-state index contributed by atoms with van der Waals surface area (Å²) in [5.41, 5.74) is 0. The van der Waals surface area contributed by atoms with Crippen LogP contribution in [0.5, 0.6) is 0 Å². The molecule has 0 aliphatic rings. The lowest BCUT2D eigenvalue weighted by Gasteiger charge is -2.15. The largest absolute Gasteiger partial charge is 0.462 e. The van der Waals surface area contributed by atoms with E-state index in [0.717, 1.165) is 64.2 Å². The SMILES string of the molecule is CC/C=C\C/C=C\C/C=C\C/C=C\C/C=C\C/C=C\CCC(=O)OC(CO)COC(=O)CCCCCCCCCCCCCCCCCCC/C=C\C/C=C\CCCCCCC. The summed E-state index contributed by atoms with van der Waals surface area (Å²) >= 11 is 0. The summed E-state index contributed by atoms with van der Waals surface area (Å²) in [4.78, 5) is 24.4. The summed E-state index contributed by atoms with van der Waals surface area (Å²) < 4.78 is 10.6. The molecule has 0 radical (unpaired) electrons. The quantitative estimate of drug-likeness (QED) is 0.0375. The number of carbonyl (C=O) groups is 2. The van der Waals surface area contributed by atoms with E-state index in [4.69, 9.17) is 9.47 Å². The lowest BCUT2D eigenvalue weighted by Crippen LogP contribution is -2.28. The third kappa shape index (κ3) is 49.5. The van der Waals surface area contributed by atoms with E-state index in [9.17, 15) is 14.7 Å². The molecular weight excluding hydrogens is 765 g/mol. The van der Waals surface area contributed by atoms with Crippen molar-refractivity contribution in [2.75, 3.05) is 13.2 Å². The molecule has 0 rings (SSSR count). The van der Waals surface area contributed by atoms with Crippen LogP contribution in [0.15, 0.2) is 97.2 Å². The number of rotatable bonds is 46. The number of hydrogen-bond donors (Lipinski definition) is 1. The summed E-state index contributed by atoms with van der Waals surface area (Å²) in [6.07, 6.45) is 73.8. The van der Waals surface area contributed by atoms with Gasteiger partial charge in [0.1, 0.15) is 6.61 Å². The average Bonchev–Trinajstić information content (AvgIpc) is 3.28. The molecule has 1 atom stereocenters. The predicted molar refractivity (Wildman–Crippen MR) is 269 cm³/mol. The molecule has 62 heavy (non-hydrogen) atoms. The Kier molecular flexibility index (Phi) is 49.5. The van der Waals surface area contributed by atoms with Gasteiger partial charge in [0, 0.05) is 12.8 Å². The van der Waals surface area contributed by atoms with Gasteiger partial charge in [-0.3, -0.25) is 9.59 Å². The molecule has 0 aliphatic heterocycles. The van der Waals surface area contributed by atoms with E-state index in [0.29, 0.717) is 12.8 Å². The molecule has 0 aliphatic carbocycles. The maximum absolute atomic E-state index is 12.2. The van der Waals surface area contributed by atoms with Gasteiger partial charge in [-0.25, -0.2) is 0 Å². The predicted octanol–water partition coefficient (Wildman–Crippen LogP) is 17.2. The molecular formula is C57H96O5. The van der Waals surface area contributed by atoms with Crippen molar-refractivity contribution >= 4 is 11.9 Å². The highest BCUT2D eigenvalue weighted by Gasteiger charge is 2.15. The number of carbonyl (C=O) groups excluding carboxylic acids is 2. The second-order valence-electron chi connectivity index (χ2n) is 16.9. The van der Waals surface area contributed by atoms with Crippen molar-refractivity contribution in [3.63, 3.8) is 0 Å². The highest BCUT2D eigenvalue weighted by atomic mass is 16.6. The van der Waals surface area contributed by atoms with E-state index < -0.39 is 12.1 Å². The van der Waals surface area contributed by atoms with Crippen LogP contribution in [-0.4, -0.2) is 36.4 Å². The minimum Gasteiger partial charge on any atom is -0.462 e. The molecule has 0 aromatic carbocycles. The Morgan fingerprint density at radius 1 is 0.387 bits per heavy atom. The van der Waals surface area contributed by atoms with Gasteiger partial charge in [0.25, 0.3) is 0 Å². The van der Waals surface area contributed by atoms with Gasteiger partial charge in [-0.1, -0.05) is 233 Å². The number of hydrogen-bond acceptors (Lipinski definition) is 5. The van der Waals surface area contributed by atoms with Gasteiger partial charge in [-0.15, -0.1) is 0 Å². The Bertz CT molecular complexity index is 1200. The van der Waals surface area contributed by atoms with Crippen molar-refractivity contribution in [3.05, 3.63) is 97.2 Å². The van der Waals surface area contributed by atoms with E-state index in [1.807, 2.05) is 12.2 Å². The highest BCUT2D eigenvalue weighted by Crippen LogP contribution is 2.15. The summed E-state index contributed by atoms with van der Waals surface area (Å²) in [5.74, 6) is -0.689. The highest BCUT2D eigenvalue weighted by molar-refractivity contribution is 5.70. The molecule has 354 valence electrons. The first-order valence-electron chi connectivity index (χ1n) is 25.8. The van der Waals surface area contributed by atoms with Crippen molar-refractivity contribution in [2.45, 2.75) is 238 Å². The van der Waals surface area contributed by atoms with Gasteiger partial charge in [-0.2, -0.15) is 0 Å². The van der Waals surface area contributed by atoms with Crippen LogP contribution in [0.2, 0.25) is 0 Å². The zero-order valence-corrected chi connectivity index (χ0v) is 40.4. The van der Waals surface area contributed by atoms with Crippen LogP contribution >= 0.6 is 0 Å². The van der Waals surface area contributed by atoms with Gasteiger partial charge in [0.2, 0.25) is 0 Å². The van der Waals surface area contributed by atoms with Crippen molar-refractivity contribution in [3.8, 4) is 0 Å². The van der Waals surface area contributed by atoms with Crippen molar-refractivity contribution in [1.82, 2.24) is 0 Å². The molecule has 0 bridgehead atoms. The van der Waals surface area contributed by atoms with Crippen LogP contribution in [0, 0.1) is 0 Å². The Balaban J connectivity index is 3.56. The molecule has 0 spiro atoms. The molecule has 5 heteroatoms. The zero-order chi connectivity index (χ0) is 44.9. The van der Waals surface area contributed by atoms with Crippen LogP contribution in [0.3, 0.4) is 0 Å². The van der Waals surface area contributed by atoms with Gasteiger partial charge in [0.05, 0.1) is 6.61 Å². The number of unbranched alkanes of at least 4 members (excludes halogenated alkanes) is 22. The molecule has 0 amide bonds. The van der Waals surface area contributed by atoms with Crippen molar-refractivity contribution in [1.29, 1.82) is 0 Å². The van der Waals surface area contributed by atoms with Gasteiger partial charge in [-0.05, 0) is 83.5 Å². The number of aliphatic hydroxyl groups is 1. The Labute approximate surface area is 383 Å². The molecule has 0 fully saturated rings. The second-order valence-corrected chi connectivity index (χ2v) is 16.9. The Morgan fingerprint density at radius 3 is 1.11 bits per heavy atom. The van der Waals surface area contributed by atoms with E-state index >= 15 is 0 Å². The fourth-order valence-corrected chi connectivity index (χ4v) is 7.02. The average molecular weight is 861 g/mol. The van der Waals surface area contributed by atoms with Crippen LogP contribution in [0.25, 0.3) is 0 Å². The molecule has 0 saturated carbocycles. The number of allylic oxidation sites excluding steroid dienone is 16. The van der Waals surface area contributed by atoms with Crippen LogP contribution in [0.1, 0.15) is 232 Å². The Morgan fingerprint density at radius 2 is 0.726 bits per heavy atom. The van der Waals surface area contributed by atoms with Crippen molar-refractivity contribution in [2.24, 2.45) is 0 Å². The lowest BCUT2D eigenvalue weighted by molar-refractivity contribution is -0.161. The maximum atomic E-state index is 12.2. The van der Waals surface area contributed by atoms with Crippen LogP contribution in [-0.2, 0) is 19.1 Å². The third-order valence-corrected chi connectivity index (χ3v) is 10.9. The first kappa shape index (κ1) is 58.8. The normalized spacial score (nSPS) is 13.0. The van der Waals surface area contributed by atoms with E-state index in [2.05, 4.69) is 98.9 Å². The molecule has 1 unspecified atom stereocenters. The van der Waals surface area contributed by atoms with E-state index in [-0.39, 0.29) is 25.6 Å². The number of ether oxygens (including phenoxy) is 2. The minimum absolute atomic E-state index is 0.0999. The molecule has 5 nitrogen and oxygen atoms in total. The monoisotopic (exact) mass is 861 g/mol. The van der Waals surface area contributed by atoms with Crippen LogP contribution in [0.4, 0.5) is 0 Å². The molecule has 0 aromatic rings. The minimum atomic E-state index is -0.818. The van der Waals surface area contributed by atoms with Crippen LogP contribution < -0.4 is 0 Å². The summed E-state index contributed by atoms with van der Waals surface area (Å²) in [7, 11) is 0. The summed E-state index contributed by atoms with van der Waals surface area (Å²) in [6.45, 7) is 3.96. The molecule has 1 N–H and O–H groups in total. The van der Waals surface area contributed by atoms with E-state index in [1.165, 1.54) is 135 Å². The first-order chi connectivity index (χ1) is 30.6. The maximum Gasteiger partial charge on any atom is 0.306 e. The third-order valence-electron chi connectivity index (χ3n) is 10.9. The molecule has 0 heterocycles.